The van der Waals surface area contributed by atoms with Crippen LogP contribution in [0.2, 0.25) is 5.02 Å². The fourth-order valence-electron chi connectivity index (χ4n) is 3.18. The van der Waals surface area contributed by atoms with E-state index in [2.05, 4.69) is 9.97 Å². The number of nitrogens with zero attached hydrogens (tertiary/aromatic N) is 3. The van der Waals surface area contributed by atoms with E-state index in [4.69, 9.17) is 11.6 Å². The van der Waals surface area contributed by atoms with Gasteiger partial charge >= 0.3 is 5.91 Å². The molecule has 0 radical (unpaired) electrons. The molecule has 144 valence electrons. The summed E-state index contributed by atoms with van der Waals surface area (Å²) in [5.74, 6) is -2.65. The molecule has 4 rings (SSSR count). The number of aliphatic hydroxyl groups is 1. The Hall–Kier alpha value is -3.58. The molecule has 1 saturated heterocycles. The first kappa shape index (κ1) is 18.8. The Morgan fingerprint density at radius 3 is 2.24 bits per heavy atom. The number of anilines is 1. The number of amides is 1. The predicted octanol–water partition coefficient (Wildman–Crippen LogP) is 3.90. The molecule has 1 amide bonds. The van der Waals surface area contributed by atoms with Gasteiger partial charge in [0.05, 0.1) is 11.6 Å². The third-order valence-electron chi connectivity index (χ3n) is 4.52. The average molecular weight is 410 g/mol. The molecule has 0 unspecified atom stereocenters. The quantitative estimate of drug-likeness (QED) is 0.403. The highest BCUT2D eigenvalue weighted by molar-refractivity contribution is 6.51. The third kappa shape index (κ3) is 3.36. The smallest absolute Gasteiger partial charge is 0.302 e. The number of carbonyl (C=O) groups is 2. The van der Waals surface area contributed by atoms with Crippen LogP contribution in [0.1, 0.15) is 17.2 Å². The van der Waals surface area contributed by atoms with Gasteiger partial charge in [-0.15, -0.1) is 0 Å². The first-order chi connectivity index (χ1) is 14.0. The van der Waals surface area contributed by atoms with Gasteiger partial charge in [0.15, 0.2) is 0 Å². The number of aliphatic hydroxyl groups excluding tert-OH is 1. The molecule has 8 heteroatoms. The molecule has 0 aliphatic carbocycles. The van der Waals surface area contributed by atoms with Crippen LogP contribution in [0.25, 0.3) is 5.76 Å². The van der Waals surface area contributed by atoms with Gasteiger partial charge in [-0.1, -0.05) is 23.7 Å². The number of rotatable bonds is 3. The van der Waals surface area contributed by atoms with E-state index in [1.54, 1.807) is 30.3 Å². The van der Waals surface area contributed by atoms with Crippen LogP contribution in [0, 0.1) is 5.82 Å². The Balaban J connectivity index is 1.94. The molecule has 1 aliphatic heterocycles. The Bertz CT molecular complexity index is 1120. The minimum atomic E-state index is -0.972. The number of hydrogen-bond acceptors (Lipinski definition) is 5. The lowest BCUT2D eigenvalue weighted by Gasteiger charge is -2.23. The summed E-state index contributed by atoms with van der Waals surface area (Å²) in [7, 11) is 0. The van der Waals surface area contributed by atoms with Crippen LogP contribution in [0.15, 0.2) is 72.6 Å². The van der Waals surface area contributed by atoms with Crippen molar-refractivity contribution in [1.29, 1.82) is 0 Å². The summed E-state index contributed by atoms with van der Waals surface area (Å²) in [5, 5.41) is 11.3. The molecule has 1 atom stereocenters. The number of halogens is 2. The Morgan fingerprint density at radius 1 is 1.00 bits per heavy atom. The third-order valence-corrected chi connectivity index (χ3v) is 4.77. The molecule has 0 saturated carbocycles. The highest BCUT2D eigenvalue weighted by Gasteiger charge is 2.48. The lowest BCUT2D eigenvalue weighted by molar-refractivity contribution is -0.132. The summed E-state index contributed by atoms with van der Waals surface area (Å²) >= 11 is 5.97. The van der Waals surface area contributed by atoms with Gasteiger partial charge in [0, 0.05) is 23.0 Å². The van der Waals surface area contributed by atoms with E-state index in [-0.39, 0.29) is 17.1 Å². The van der Waals surface area contributed by atoms with Crippen LogP contribution in [0.4, 0.5) is 10.3 Å². The molecule has 2 heterocycles. The maximum absolute atomic E-state index is 13.3. The van der Waals surface area contributed by atoms with Crippen molar-refractivity contribution in [2.24, 2.45) is 0 Å². The summed E-state index contributed by atoms with van der Waals surface area (Å²) in [5.41, 5.74) is 0.596. The van der Waals surface area contributed by atoms with Crippen LogP contribution in [0.5, 0.6) is 0 Å². The molecule has 0 bridgehead atoms. The molecule has 6 nitrogen and oxygen atoms in total. The molecule has 29 heavy (non-hydrogen) atoms. The second kappa shape index (κ2) is 7.44. The maximum atomic E-state index is 13.3. The van der Waals surface area contributed by atoms with Crippen molar-refractivity contribution in [2.45, 2.75) is 6.04 Å². The monoisotopic (exact) mass is 409 g/mol. The van der Waals surface area contributed by atoms with Crippen molar-refractivity contribution in [3.05, 3.63) is 94.5 Å². The van der Waals surface area contributed by atoms with Crippen molar-refractivity contribution >= 4 is 35.0 Å². The van der Waals surface area contributed by atoms with E-state index in [9.17, 15) is 19.1 Å². The molecule has 0 spiro atoms. The number of hydrogen-bond donors (Lipinski definition) is 1. The van der Waals surface area contributed by atoms with Crippen molar-refractivity contribution in [3.8, 4) is 0 Å². The summed E-state index contributed by atoms with van der Waals surface area (Å²) in [6.07, 6.45) is 2.89. The number of carbonyl (C=O) groups excluding carboxylic acids is 2. The number of Topliss-reactive ketones (excluding diaryl/α,β-unsaturated/α-hetero) is 1. The van der Waals surface area contributed by atoms with Gasteiger partial charge in [0.2, 0.25) is 5.95 Å². The lowest BCUT2D eigenvalue weighted by Crippen LogP contribution is -2.31. The van der Waals surface area contributed by atoms with E-state index >= 15 is 0 Å². The highest BCUT2D eigenvalue weighted by Crippen LogP contribution is 2.41. The second-order valence-electron chi connectivity index (χ2n) is 6.28. The van der Waals surface area contributed by atoms with E-state index in [1.807, 2.05) is 0 Å². The first-order valence-corrected chi connectivity index (χ1v) is 8.94. The van der Waals surface area contributed by atoms with Crippen LogP contribution in [-0.4, -0.2) is 26.8 Å². The minimum absolute atomic E-state index is 0.0210. The molecular formula is C21H13ClFN3O3. The maximum Gasteiger partial charge on any atom is 0.302 e. The molecule has 3 aromatic rings. The molecular weight excluding hydrogens is 397 g/mol. The largest absolute Gasteiger partial charge is 0.507 e. The van der Waals surface area contributed by atoms with Gasteiger partial charge in [-0.25, -0.2) is 14.4 Å². The lowest BCUT2D eigenvalue weighted by atomic mass is 9.95. The van der Waals surface area contributed by atoms with Crippen molar-refractivity contribution in [2.75, 3.05) is 4.90 Å². The predicted molar refractivity (Wildman–Crippen MR) is 105 cm³/mol. The Morgan fingerprint density at radius 2 is 1.62 bits per heavy atom. The number of benzene rings is 2. The summed E-state index contributed by atoms with van der Waals surface area (Å²) in [6, 6.07) is 12.1. The standard InChI is InChI=1S/C21H13ClFN3O3/c22-14-6-2-12(3-7-14)17-16(18(27)13-4-8-15(23)9-5-13)19(28)20(29)26(17)21-24-10-1-11-25-21/h1-11,17,27H/t17-/m1/s1. The zero-order valence-electron chi connectivity index (χ0n) is 14.8. The van der Waals surface area contributed by atoms with E-state index < -0.39 is 29.3 Å². The van der Waals surface area contributed by atoms with Gasteiger partial charge in [-0.2, -0.15) is 0 Å². The SMILES string of the molecule is O=C1C(=O)N(c2ncccn2)[C@H](c2ccc(Cl)cc2)C1=C(O)c1ccc(F)cc1. The number of aromatic nitrogens is 2. The molecule has 1 aromatic heterocycles. The van der Waals surface area contributed by atoms with E-state index in [1.165, 1.54) is 24.5 Å². The fraction of sp³-hybridized carbons (Fsp3) is 0.0476. The average Bonchev–Trinajstić information content (AvgIpc) is 3.00. The first-order valence-electron chi connectivity index (χ1n) is 8.57. The van der Waals surface area contributed by atoms with E-state index in [0.717, 1.165) is 17.0 Å². The fourth-order valence-corrected chi connectivity index (χ4v) is 3.30. The van der Waals surface area contributed by atoms with Crippen molar-refractivity contribution in [1.82, 2.24) is 9.97 Å². The van der Waals surface area contributed by atoms with Crippen molar-refractivity contribution < 1.29 is 19.1 Å². The Labute approximate surface area is 169 Å². The van der Waals surface area contributed by atoms with Crippen molar-refractivity contribution in [3.63, 3.8) is 0 Å². The zero-order valence-corrected chi connectivity index (χ0v) is 15.5. The zero-order chi connectivity index (χ0) is 20.5. The van der Waals surface area contributed by atoms with Crippen LogP contribution in [0.3, 0.4) is 0 Å². The van der Waals surface area contributed by atoms with Gasteiger partial charge in [0.25, 0.3) is 5.78 Å². The second-order valence-corrected chi connectivity index (χ2v) is 6.71. The topological polar surface area (TPSA) is 83.4 Å². The normalized spacial score (nSPS) is 18.3. The summed E-state index contributed by atoms with van der Waals surface area (Å²) in [6.45, 7) is 0. The van der Waals surface area contributed by atoms with Gasteiger partial charge in [-0.3, -0.25) is 14.5 Å². The van der Waals surface area contributed by atoms with Gasteiger partial charge < -0.3 is 5.11 Å². The molecule has 1 N–H and O–H groups in total. The summed E-state index contributed by atoms with van der Waals surface area (Å²) in [4.78, 5) is 35.0. The van der Waals surface area contributed by atoms with Crippen LogP contribution >= 0.6 is 11.6 Å². The summed E-state index contributed by atoms with van der Waals surface area (Å²) < 4.78 is 13.3. The van der Waals surface area contributed by atoms with Crippen LogP contribution in [-0.2, 0) is 9.59 Å². The Kier molecular flexibility index (Phi) is 4.82. The van der Waals surface area contributed by atoms with Crippen LogP contribution < -0.4 is 4.90 Å². The van der Waals surface area contributed by atoms with Gasteiger partial charge in [-0.05, 0) is 48.0 Å². The van der Waals surface area contributed by atoms with Gasteiger partial charge in [0.1, 0.15) is 11.6 Å². The molecule has 1 fully saturated rings. The minimum Gasteiger partial charge on any atom is -0.507 e. The highest BCUT2D eigenvalue weighted by atomic mass is 35.5. The van der Waals surface area contributed by atoms with E-state index in [0.29, 0.717) is 10.6 Å². The molecule has 1 aliphatic rings. The number of ketones is 1. The molecule has 2 aromatic carbocycles.